The van der Waals surface area contributed by atoms with Crippen molar-refractivity contribution in [2.24, 2.45) is 11.8 Å². The Labute approximate surface area is 243 Å². The minimum absolute atomic E-state index is 0.0868. The van der Waals surface area contributed by atoms with Crippen LogP contribution >= 0.6 is 0 Å². The van der Waals surface area contributed by atoms with Crippen molar-refractivity contribution in [3.63, 3.8) is 0 Å². The maximum Gasteiger partial charge on any atom is 0.419 e. The van der Waals surface area contributed by atoms with Crippen molar-refractivity contribution in [1.82, 2.24) is 4.90 Å². The lowest BCUT2D eigenvalue weighted by Gasteiger charge is -2.29. The zero-order valence-corrected chi connectivity index (χ0v) is 24.7. The number of halogens is 4. The summed E-state index contributed by atoms with van der Waals surface area (Å²) in [6, 6.07) is 12.8. The number of alkyl halides is 3. The number of amides is 1. The zero-order chi connectivity index (χ0) is 30.3. The molecule has 2 atom stereocenters. The molecule has 1 N–H and O–H groups in total. The zero-order valence-electron chi connectivity index (χ0n) is 24.7. The van der Waals surface area contributed by atoms with Gasteiger partial charge in [0.2, 0.25) is 5.91 Å². The molecule has 41 heavy (non-hydrogen) atoms. The van der Waals surface area contributed by atoms with E-state index in [4.69, 9.17) is 5.26 Å². The minimum Gasteiger partial charge on any atom is -0.326 e. The van der Waals surface area contributed by atoms with Crippen molar-refractivity contribution in [3.8, 4) is 6.07 Å². The summed E-state index contributed by atoms with van der Waals surface area (Å²) in [5.41, 5.74) is 0.681. The van der Waals surface area contributed by atoms with Gasteiger partial charge >= 0.3 is 6.18 Å². The normalized spacial score (nSPS) is 18.8. The van der Waals surface area contributed by atoms with E-state index in [1.165, 1.54) is 89.4 Å². The van der Waals surface area contributed by atoms with Crippen LogP contribution in [0.1, 0.15) is 95.2 Å². The van der Waals surface area contributed by atoms with Gasteiger partial charge in [-0.2, -0.15) is 18.4 Å². The van der Waals surface area contributed by atoms with Crippen LogP contribution in [0.3, 0.4) is 0 Å². The molecule has 8 heteroatoms. The molecule has 0 bridgehead atoms. The molecule has 0 radical (unpaired) electrons. The molecular formula is C33H45F4N3O. The van der Waals surface area contributed by atoms with Crippen LogP contribution in [0.2, 0.25) is 0 Å². The topological polar surface area (TPSA) is 56.1 Å². The van der Waals surface area contributed by atoms with Crippen LogP contribution in [-0.4, -0.2) is 30.4 Å². The van der Waals surface area contributed by atoms with E-state index in [1.54, 1.807) is 0 Å². The van der Waals surface area contributed by atoms with Gasteiger partial charge < -0.3 is 10.2 Å². The minimum atomic E-state index is -4.77. The standard InChI is InChI=1S/C22H32N2.C9H7F4NO.C2H6/c23-18-22-11-6-10-21(17-22)16-20-9-5-8-19(15-20)7-1-2-12-24-13-3-4-14-24;1-5(15)14-6-2-3-8(10)7(4-6)9(11,12)13;1-2/h6,10-11,17,19-20H,1-5,7-9,12-16H2;2-4H,1H3,(H,14,15);1-2H3. The number of unbranched alkanes of at least 4 members (excludes halogenated alkanes) is 1. The summed E-state index contributed by atoms with van der Waals surface area (Å²) in [5, 5.41) is 11.2. The van der Waals surface area contributed by atoms with Gasteiger partial charge in [0.15, 0.2) is 0 Å². The van der Waals surface area contributed by atoms with Gasteiger partial charge in [-0.1, -0.05) is 58.1 Å². The molecule has 2 fully saturated rings. The lowest BCUT2D eigenvalue weighted by Crippen LogP contribution is -2.21. The SMILES string of the molecule is CC.CC(=O)Nc1ccc(F)c(C(F)(F)F)c1.N#Cc1cccc(CC2CCCC(CCCCN3CCCC3)C2)c1. The number of nitriles is 1. The molecule has 1 amide bonds. The first-order valence-electron chi connectivity index (χ1n) is 15.0. The Hall–Kier alpha value is -2.92. The lowest BCUT2D eigenvalue weighted by molar-refractivity contribution is -0.140. The van der Waals surface area contributed by atoms with Gasteiger partial charge in [-0.3, -0.25) is 4.79 Å². The van der Waals surface area contributed by atoms with Crippen molar-refractivity contribution >= 4 is 11.6 Å². The predicted molar refractivity (Wildman–Crippen MR) is 157 cm³/mol. The lowest BCUT2D eigenvalue weighted by atomic mass is 9.77. The van der Waals surface area contributed by atoms with Crippen molar-refractivity contribution in [2.75, 3.05) is 25.0 Å². The molecular weight excluding hydrogens is 530 g/mol. The maximum atomic E-state index is 12.8. The number of rotatable bonds is 8. The van der Waals surface area contributed by atoms with E-state index in [9.17, 15) is 22.4 Å². The third kappa shape index (κ3) is 12.6. The van der Waals surface area contributed by atoms with Crippen LogP contribution in [0.4, 0.5) is 23.2 Å². The first-order valence-corrected chi connectivity index (χ1v) is 15.0. The number of likely N-dealkylation sites (tertiary alicyclic amines) is 1. The highest BCUT2D eigenvalue weighted by Crippen LogP contribution is 2.35. The first-order chi connectivity index (χ1) is 19.6. The second kappa shape index (κ2) is 17.8. The van der Waals surface area contributed by atoms with E-state index in [1.807, 2.05) is 26.0 Å². The quantitative estimate of drug-likeness (QED) is 0.252. The van der Waals surface area contributed by atoms with Gasteiger partial charge in [0, 0.05) is 12.6 Å². The third-order valence-electron chi connectivity index (χ3n) is 7.60. The van der Waals surface area contributed by atoms with E-state index >= 15 is 0 Å². The fraction of sp³-hybridized carbons (Fsp3) is 0.576. The molecule has 1 heterocycles. The summed E-state index contributed by atoms with van der Waals surface area (Å²) in [7, 11) is 0. The Kier molecular flexibility index (Phi) is 14.9. The van der Waals surface area contributed by atoms with Crippen LogP contribution in [-0.2, 0) is 17.4 Å². The average Bonchev–Trinajstić information content (AvgIpc) is 3.47. The molecule has 1 aliphatic carbocycles. The largest absolute Gasteiger partial charge is 0.419 e. The van der Waals surface area contributed by atoms with E-state index in [-0.39, 0.29) is 5.69 Å². The van der Waals surface area contributed by atoms with Crippen LogP contribution in [0.5, 0.6) is 0 Å². The van der Waals surface area contributed by atoms with E-state index in [0.717, 1.165) is 30.4 Å². The summed E-state index contributed by atoms with van der Waals surface area (Å²) < 4.78 is 49.4. The Morgan fingerprint density at radius 1 is 1.02 bits per heavy atom. The van der Waals surface area contributed by atoms with Crippen LogP contribution < -0.4 is 5.32 Å². The number of hydrogen-bond donors (Lipinski definition) is 1. The molecule has 2 unspecified atom stereocenters. The molecule has 2 aromatic rings. The smallest absolute Gasteiger partial charge is 0.326 e. The number of nitrogens with zero attached hydrogens (tertiary/aromatic N) is 2. The number of anilines is 1. The molecule has 1 saturated heterocycles. The summed E-state index contributed by atoms with van der Waals surface area (Å²) in [6.45, 7) is 9.16. The summed E-state index contributed by atoms with van der Waals surface area (Å²) in [6.07, 6.45) is 9.10. The molecule has 4 rings (SSSR count). The van der Waals surface area contributed by atoms with E-state index in [2.05, 4.69) is 28.4 Å². The predicted octanol–water partition coefficient (Wildman–Crippen LogP) is 9.00. The van der Waals surface area contributed by atoms with Crippen molar-refractivity contribution in [3.05, 3.63) is 65.0 Å². The highest BCUT2D eigenvalue weighted by molar-refractivity contribution is 5.88. The molecule has 1 saturated carbocycles. The monoisotopic (exact) mass is 575 g/mol. The Morgan fingerprint density at radius 2 is 1.73 bits per heavy atom. The molecule has 1 aliphatic heterocycles. The Bertz CT molecular complexity index is 1110. The fourth-order valence-corrected chi connectivity index (χ4v) is 5.75. The Balaban J connectivity index is 0.000000298. The van der Waals surface area contributed by atoms with Gasteiger partial charge in [0.25, 0.3) is 0 Å². The van der Waals surface area contributed by atoms with Crippen molar-refractivity contribution in [1.29, 1.82) is 5.26 Å². The second-order valence-electron chi connectivity index (χ2n) is 10.8. The molecule has 2 aromatic carbocycles. The molecule has 0 aromatic heterocycles. The average molecular weight is 576 g/mol. The van der Waals surface area contributed by atoms with Gasteiger partial charge in [0.1, 0.15) is 5.82 Å². The highest BCUT2D eigenvalue weighted by Gasteiger charge is 2.34. The van der Waals surface area contributed by atoms with Gasteiger partial charge in [-0.05, 0) is 99.5 Å². The number of carbonyl (C=O) groups is 1. The molecule has 0 spiro atoms. The van der Waals surface area contributed by atoms with Crippen LogP contribution in [0.15, 0.2) is 42.5 Å². The highest BCUT2D eigenvalue weighted by atomic mass is 19.4. The molecule has 226 valence electrons. The van der Waals surface area contributed by atoms with Crippen LogP contribution in [0.25, 0.3) is 0 Å². The first kappa shape index (κ1) is 34.3. The molecule has 2 aliphatic rings. The summed E-state index contributed by atoms with van der Waals surface area (Å²) in [5.74, 6) is -0.107. The Morgan fingerprint density at radius 3 is 2.39 bits per heavy atom. The summed E-state index contributed by atoms with van der Waals surface area (Å²) >= 11 is 0. The number of nitrogens with one attached hydrogen (secondary N) is 1. The van der Waals surface area contributed by atoms with Gasteiger partial charge in [-0.15, -0.1) is 0 Å². The molecule has 4 nitrogen and oxygen atoms in total. The summed E-state index contributed by atoms with van der Waals surface area (Å²) in [4.78, 5) is 13.2. The third-order valence-corrected chi connectivity index (χ3v) is 7.60. The number of benzene rings is 2. The van der Waals surface area contributed by atoms with Crippen molar-refractivity contribution in [2.45, 2.75) is 91.2 Å². The number of carbonyl (C=O) groups excluding carboxylic acids is 1. The maximum absolute atomic E-state index is 12.8. The van der Waals surface area contributed by atoms with Crippen molar-refractivity contribution < 1.29 is 22.4 Å². The number of hydrogen-bond acceptors (Lipinski definition) is 3. The van der Waals surface area contributed by atoms with Crippen LogP contribution in [0, 0.1) is 29.0 Å². The van der Waals surface area contributed by atoms with E-state index in [0.29, 0.717) is 12.1 Å². The van der Waals surface area contributed by atoms with E-state index < -0.39 is 23.5 Å². The second-order valence-corrected chi connectivity index (χ2v) is 10.8. The van der Waals surface area contributed by atoms with Gasteiger partial charge in [0.05, 0.1) is 17.2 Å². The fourth-order valence-electron chi connectivity index (χ4n) is 5.75. The van der Waals surface area contributed by atoms with Gasteiger partial charge in [-0.25, -0.2) is 4.39 Å².